The topological polar surface area (TPSA) is 88.1 Å². The fourth-order valence-corrected chi connectivity index (χ4v) is 2.49. The number of carbonyl (C=O) groups is 3. The van der Waals surface area contributed by atoms with Gasteiger partial charge in [0.05, 0.1) is 18.5 Å². The van der Waals surface area contributed by atoms with Gasteiger partial charge in [0, 0.05) is 6.21 Å². The lowest BCUT2D eigenvalue weighted by Gasteiger charge is -2.28. The number of ether oxygens (including phenoxy) is 1. The van der Waals surface area contributed by atoms with Crippen LogP contribution < -0.4 is 15.0 Å². The van der Waals surface area contributed by atoms with Gasteiger partial charge in [-0.2, -0.15) is 0 Å². The molecule has 0 aromatic heterocycles. The van der Waals surface area contributed by atoms with Gasteiger partial charge in [-0.15, -0.1) is 0 Å². The summed E-state index contributed by atoms with van der Waals surface area (Å²) in [4.78, 5) is 42.0. The Kier molecular flexibility index (Phi) is 4.79. The number of benzene rings is 2. The van der Waals surface area contributed by atoms with Gasteiger partial charge in [-0.1, -0.05) is 17.7 Å². The molecule has 2 aromatic rings. The number of anilines is 1. The Morgan fingerprint density at radius 1 is 1.04 bits per heavy atom. The van der Waals surface area contributed by atoms with Gasteiger partial charge in [-0.3, -0.25) is 19.9 Å². The summed E-state index contributed by atoms with van der Waals surface area (Å²) in [5.74, 6) is -1.84. The SMILES string of the molecule is COc1ccc(N=C[C@@H]2C(=O)NC(=O)N(c3ccc(C)cc3)C2=O)cc1. The lowest BCUT2D eigenvalue weighted by Crippen LogP contribution is -2.58. The minimum atomic E-state index is -1.18. The second-order valence-electron chi connectivity index (χ2n) is 5.76. The van der Waals surface area contributed by atoms with Crippen LogP contribution in [0, 0.1) is 12.8 Å². The summed E-state index contributed by atoms with van der Waals surface area (Å²) in [6, 6.07) is 12.9. The molecule has 3 rings (SSSR count). The zero-order valence-corrected chi connectivity index (χ0v) is 14.3. The predicted molar refractivity (Wildman–Crippen MR) is 96.8 cm³/mol. The number of barbiturate groups is 1. The van der Waals surface area contributed by atoms with E-state index >= 15 is 0 Å². The molecular weight excluding hydrogens is 334 g/mol. The molecule has 0 bridgehead atoms. The molecular formula is C19H17N3O4. The second kappa shape index (κ2) is 7.18. The number of rotatable bonds is 4. The Balaban J connectivity index is 1.84. The molecule has 0 spiro atoms. The van der Waals surface area contributed by atoms with Crippen molar-refractivity contribution in [1.82, 2.24) is 5.32 Å². The van der Waals surface area contributed by atoms with E-state index in [0.717, 1.165) is 10.5 Å². The van der Waals surface area contributed by atoms with E-state index in [1.807, 2.05) is 6.92 Å². The van der Waals surface area contributed by atoms with Gasteiger partial charge in [0.2, 0.25) is 5.91 Å². The van der Waals surface area contributed by atoms with E-state index in [9.17, 15) is 14.4 Å². The maximum atomic E-state index is 12.7. The minimum Gasteiger partial charge on any atom is -0.497 e. The van der Waals surface area contributed by atoms with Gasteiger partial charge in [0.25, 0.3) is 5.91 Å². The Morgan fingerprint density at radius 2 is 1.69 bits per heavy atom. The number of hydrogen-bond donors (Lipinski definition) is 1. The molecule has 7 nitrogen and oxygen atoms in total. The number of methoxy groups -OCH3 is 1. The fraction of sp³-hybridized carbons (Fsp3) is 0.158. The number of nitrogens with one attached hydrogen (secondary N) is 1. The van der Waals surface area contributed by atoms with Crippen LogP contribution in [0.1, 0.15) is 5.56 Å². The van der Waals surface area contributed by atoms with E-state index in [0.29, 0.717) is 17.1 Å². The molecule has 0 radical (unpaired) electrons. The molecule has 1 fully saturated rings. The number of nitrogens with zero attached hydrogens (tertiary/aromatic N) is 2. The molecule has 132 valence electrons. The summed E-state index contributed by atoms with van der Waals surface area (Å²) in [6.07, 6.45) is 1.24. The van der Waals surface area contributed by atoms with E-state index in [2.05, 4.69) is 10.3 Å². The molecule has 1 heterocycles. The molecule has 1 aliphatic rings. The summed E-state index contributed by atoms with van der Waals surface area (Å²) < 4.78 is 5.07. The summed E-state index contributed by atoms with van der Waals surface area (Å²) in [6.45, 7) is 1.90. The van der Waals surface area contributed by atoms with Crippen molar-refractivity contribution in [1.29, 1.82) is 0 Å². The third-order valence-corrected chi connectivity index (χ3v) is 3.94. The fourth-order valence-electron chi connectivity index (χ4n) is 2.49. The summed E-state index contributed by atoms with van der Waals surface area (Å²) in [5.41, 5.74) is 1.95. The number of amides is 4. The van der Waals surface area contributed by atoms with E-state index in [-0.39, 0.29) is 0 Å². The Morgan fingerprint density at radius 3 is 2.31 bits per heavy atom. The average molecular weight is 351 g/mol. The van der Waals surface area contributed by atoms with Crippen LogP contribution in [0.15, 0.2) is 53.5 Å². The lowest BCUT2D eigenvalue weighted by molar-refractivity contribution is -0.131. The number of imide groups is 2. The van der Waals surface area contributed by atoms with E-state index < -0.39 is 23.8 Å². The third-order valence-electron chi connectivity index (χ3n) is 3.94. The largest absolute Gasteiger partial charge is 0.497 e. The maximum absolute atomic E-state index is 12.7. The van der Waals surface area contributed by atoms with Crippen molar-refractivity contribution in [2.45, 2.75) is 6.92 Å². The zero-order chi connectivity index (χ0) is 18.7. The molecule has 0 saturated carbocycles. The first-order valence-electron chi connectivity index (χ1n) is 7.93. The average Bonchev–Trinajstić information content (AvgIpc) is 2.63. The lowest BCUT2D eigenvalue weighted by atomic mass is 10.1. The van der Waals surface area contributed by atoms with Gasteiger partial charge in [-0.25, -0.2) is 9.69 Å². The Bertz CT molecular complexity index is 873. The highest BCUT2D eigenvalue weighted by molar-refractivity contribution is 6.32. The van der Waals surface area contributed by atoms with E-state index in [4.69, 9.17) is 4.74 Å². The van der Waals surface area contributed by atoms with Crippen LogP contribution in [0.5, 0.6) is 5.75 Å². The van der Waals surface area contributed by atoms with Gasteiger partial charge in [0.15, 0.2) is 5.92 Å². The summed E-state index contributed by atoms with van der Waals surface area (Å²) in [5, 5.41) is 2.19. The van der Waals surface area contributed by atoms with Gasteiger partial charge >= 0.3 is 6.03 Å². The second-order valence-corrected chi connectivity index (χ2v) is 5.76. The van der Waals surface area contributed by atoms with Crippen LogP contribution in [0.4, 0.5) is 16.2 Å². The van der Waals surface area contributed by atoms with Crippen molar-refractivity contribution in [2.24, 2.45) is 10.9 Å². The standard InChI is InChI=1S/C19H17N3O4/c1-12-3-7-14(8-4-12)22-18(24)16(17(23)21-19(22)25)11-20-13-5-9-15(26-2)10-6-13/h3-11,16H,1-2H3,(H,21,23,25)/t16-/m1/s1. The molecule has 1 aliphatic heterocycles. The number of aliphatic imine (C=N–C) groups is 1. The van der Waals surface area contributed by atoms with Gasteiger partial charge in [-0.05, 0) is 43.3 Å². The number of carbonyl (C=O) groups excluding carboxylic acids is 3. The van der Waals surface area contributed by atoms with Crippen LogP contribution in [0.25, 0.3) is 0 Å². The predicted octanol–water partition coefficient (Wildman–Crippen LogP) is 2.61. The molecule has 7 heteroatoms. The van der Waals surface area contributed by atoms with Crippen molar-refractivity contribution < 1.29 is 19.1 Å². The number of aryl methyl sites for hydroxylation is 1. The first-order chi connectivity index (χ1) is 12.5. The van der Waals surface area contributed by atoms with Crippen molar-refractivity contribution in [3.63, 3.8) is 0 Å². The Hall–Kier alpha value is -3.48. The van der Waals surface area contributed by atoms with Crippen LogP contribution >= 0.6 is 0 Å². The first-order valence-corrected chi connectivity index (χ1v) is 7.93. The van der Waals surface area contributed by atoms with Crippen molar-refractivity contribution in [3.05, 3.63) is 54.1 Å². The highest BCUT2D eigenvalue weighted by Crippen LogP contribution is 2.22. The molecule has 1 atom stereocenters. The van der Waals surface area contributed by atoms with Crippen molar-refractivity contribution in [2.75, 3.05) is 12.0 Å². The van der Waals surface area contributed by atoms with Crippen molar-refractivity contribution in [3.8, 4) is 5.75 Å². The smallest absolute Gasteiger partial charge is 0.335 e. The van der Waals surface area contributed by atoms with Crippen molar-refractivity contribution >= 4 is 35.4 Å². The van der Waals surface area contributed by atoms with Gasteiger partial charge in [0.1, 0.15) is 5.75 Å². The highest BCUT2D eigenvalue weighted by atomic mass is 16.5. The van der Waals surface area contributed by atoms with Crippen LogP contribution in [0.2, 0.25) is 0 Å². The normalized spacial score (nSPS) is 17.5. The van der Waals surface area contributed by atoms with E-state index in [1.54, 1.807) is 55.6 Å². The highest BCUT2D eigenvalue weighted by Gasteiger charge is 2.40. The van der Waals surface area contributed by atoms with E-state index in [1.165, 1.54) is 6.21 Å². The molecule has 1 N–H and O–H groups in total. The number of urea groups is 1. The maximum Gasteiger partial charge on any atom is 0.335 e. The van der Waals surface area contributed by atoms with Gasteiger partial charge < -0.3 is 4.74 Å². The minimum absolute atomic E-state index is 0.397. The summed E-state index contributed by atoms with van der Waals surface area (Å²) >= 11 is 0. The molecule has 26 heavy (non-hydrogen) atoms. The Labute approximate surface area is 150 Å². The first kappa shape index (κ1) is 17.3. The van der Waals surface area contributed by atoms with Crippen LogP contribution in [-0.2, 0) is 9.59 Å². The quantitative estimate of drug-likeness (QED) is 0.677. The molecule has 1 saturated heterocycles. The summed E-state index contributed by atoms with van der Waals surface area (Å²) in [7, 11) is 1.56. The van der Waals surface area contributed by atoms with Crippen LogP contribution in [-0.4, -0.2) is 31.2 Å². The zero-order valence-electron chi connectivity index (χ0n) is 14.3. The monoisotopic (exact) mass is 351 g/mol. The third kappa shape index (κ3) is 3.46. The molecule has 4 amide bonds. The number of hydrogen-bond acceptors (Lipinski definition) is 5. The molecule has 0 unspecified atom stereocenters. The van der Waals surface area contributed by atoms with Crippen LogP contribution in [0.3, 0.4) is 0 Å². The molecule has 0 aliphatic carbocycles. The molecule has 2 aromatic carbocycles.